The molecule has 0 heterocycles. The second-order valence-corrected chi connectivity index (χ2v) is 13.5. The number of hydrogen-bond acceptors (Lipinski definition) is 3. The first-order chi connectivity index (χ1) is 16.9. The van der Waals surface area contributed by atoms with Gasteiger partial charge in [0.2, 0.25) is 0 Å². The summed E-state index contributed by atoms with van der Waals surface area (Å²) in [6.45, 7) is 6.78. The third kappa shape index (κ3) is 7.51. The standard InChI is InChI=1S/C22H23S.C6H3Cl3O3S/c1-22(2,3)18-14-16-21(17-15-18)23(19-10-6-4-7-11-19)20-12-8-5-9-13-20;7-3-1-5(9)6(2-4(3)8)13(10,11)12/h4-17H,1-3H3;1-2H,(H,10,11,12)/q+1;/p-1. The van der Waals surface area contributed by atoms with Crippen LogP contribution < -0.4 is 0 Å². The fourth-order valence-electron chi connectivity index (χ4n) is 3.31. The summed E-state index contributed by atoms with van der Waals surface area (Å²) in [5.41, 5.74) is 1.57. The number of hydrogen-bond donors (Lipinski definition) is 0. The molecule has 36 heavy (non-hydrogen) atoms. The highest BCUT2D eigenvalue weighted by Gasteiger charge is 2.28. The van der Waals surface area contributed by atoms with Gasteiger partial charge in [-0.2, -0.15) is 0 Å². The van der Waals surface area contributed by atoms with Crippen molar-refractivity contribution < 1.29 is 13.0 Å². The van der Waals surface area contributed by atoms with Crippen LogP contribution in [0.1, 0.15) is 26.3 Å². The molecule has 0 amide bonds. The molecule has 0 radical (unpaired) electrons. The van der Waals surface area contributed by atoms with Crippen LogP contribution in [0.25, 0.3) is 0 Å². The minimum atomic E-state index is -4.60. The average Bonchev–Trinajstić information content (AvgIpc) is 2.82. The molecule has 0 aliphatic carbocycles. The number of benzene rings is 4. The second-order valence-electron chi connectivity index (χ2n) is 8.86. The van der Waals surface area contributed by atoms with Crippen molar-refractivity contribution in [2.24, 2.45) is 0 Å². The van der Waals surface area contributed by atoms with Crippen LogP contribution >= 0.6 is 34.8 Å². The minimum absolute atomic E-state index is 0.0273. The largest absolute Gasteiger partial charge is 0.744 e. The molecule has 0 saturated carbocycles. The molecule has 8 heteroatoms. The molecular formula is C28H25Cl3O3S2. The predicted molar refractivity (Wildman–Crippen MR) is 150 cm³/mol. The Bertz CT molecular complexity index is 1360. The fraction of sp³-hybridized carbons (Fsp3) is 0.143. The van der Waals surface area contributed by atoms with Gasteiger partial charge in [0, 0.05) is 0 Å². The molecule has 188 valence electrons. The molecule has 0 spiro atoms. The smallest absolute Gasteiger partial charge is 0.166 e. The van der Waals surface area contributed by atoms with Crippen LogP contribution in [-0.2, 0) is 26.4 Å². The molecular weight excluding hydrogens is 555 g/mol. The van der Waals surface area contributed by atoms with E-state index < -0.39 is 15.0 Å². The van der Waals surface area contributed by atoms with E-state index in [0.717, 1.165) is 12.1 Å². The van der Waals surface area contributed by atoms with Crippen LogP contribution in [0, 0.1) is 0 Å². The Morgan fingerprint density at radius 1 is 0.639 bits per heavy atom. The van der Waals surface area contributed by atoms with Gasteiger partial charge in [0.25, 0.3) is 0 Å². The Morgan fingerprint density at radius 2 is 1.06 bits per heavy atom. The number of halogens is 3. The minimum Gasteiger partial charge on any atom is -0.744 e. The zero-order valence-electron chi connectivity index (χ0n) is 19.9. The molecule has 0 N–H and O–H groups in total. The van der Waals surface area contributed by atoms with Crippen molar-refractivity contribution >= 4 is 55.8 Å². The average molecular weight is 580 g/mol. The van der Waals surface area contributed by atoms with E-state index in [0.29, 0.717) is 0 Å². The summed E-state index contributed by atoms with van der Waals surface area (Å²) in [5, 5.41) is -0.163. The summed E-state index contributed by atoms with van der Waals surface area (Å²) >= 11 is 16.5. The highest BCUT2D eigenvalue weighted by Crippen LogP contribution is 2.33. The van der Waals surface area contributed by atoms with Gasteiger partial charge in [-0.25, -0.2) is 8.42 Å². The summed E-state index contributed by atoms with van der Waals surface area (Å²) in [6, 6.07) is 32.8. The highest BCUT2D eigenvalue weighted by atomic mass is 35.5. The SMILES string of the molecule is CC(C)(C)c1ccc([S+](c2ccccc2)c2ccccc2)cc1.O=S(=O)([O-])c1cc(Cl)c(Cl)cc1Cl. The van der Waals surface area contributed by atoms with Gasteiger partial charge in [-0.1, -0.05) is 104 Å². The van der Waals surface area contributed by atoms with Crippen molar-refractivity contribution in [3.63, 3.8) is 0 Å². The topological polar surface area (TPSA) is 57.2 Å². The van der Waals surface area contributed by atoms with Crippen molar-refractivity contribution in [3.8, 4) is 0 Å². The molecule has 0 bridgehead atoms. The lowest BCUT2D eigenvalue weighted by atomic mass is 9.87. The summed E-state index contributed by atoms with van der Waals surface area (Å²) < 4.78 is 31.7. The van der Waals surface area contributed by atoms with Gasteiger partial charge < -0.3 is 4.55 Å². The van der Waals surface area contributed by atoms with E-state index >= 15 is 0 Å². The summed E-state index contributed by atoms with van der Waals surface area (Å²) in [7, 11) is -4.65. The van der Waals surface area contributed by atoms with Crippen molar-refractivity contribution in [1.29, 1.82) is 0 Å². The Balaban J connectivity index is 0.000000236. The lowest BCUT2D eigenvalue weighted by Crippen LogP contribution is -2.11. The Kier molecular flexibility index (Phi) is 9.56. The zero-order chi connectivity index (χ0) is 26.5. The van der Waals surface area contributed by atoms with E-state index in [4.69, 9.17) is 34.8 Å². The van der Waals surface area contributed by atoms with Gasteiger partial charge in [-0.15, -0.1) is 0 Å². The van der Waals surface area contributed by atoms with E-state index in [9.17, 15) is 13.0 Å². The molecule has 0 aliphatic rings. The Hall–Kier alpha value is -1.99. The summed E-state index contributed by atoms with van der Waals surface area (Å²) in [4.78, 5) is 3.53. The predicted octanol–water partition coefficient (Wildman–Crippen LogP) is 8.63. The molecule has 0 saturated heterocycles. The van der Waals surface area contributed by atoms with Gasteiger partial charge in [0.1, 0.15) is 10.1 Å². The van der Waals surface area contributed by atoms with Crippen LogP contribution in [0.4, 0.5) is 0 Å². The molecule has 0 atom stereocenters. The van der Waals surface area contributed by atoms with E-state index in [1.54, 1.807) is 0 Å². The fourth-order valence-corrected chi connectivity index (χ4v) is 6.85. The Morgan fingerprint density at radius 3 is 1.47 bits per heavy atom. The van der Waals surface area contributed by atoms with Crippen molar-refractivity contribution in [1.82, 2.24) is 0 Å². The third-order valence-electron chi connectivity index (χ3n) is 5.16. The van der Waals surface area contributed by atoms with E-state index in [1.807, 2.05) is 0 Å². The maximum Gasteiger partial charge on any atom is 0.166 e. The van der Waals surface area contributed by atoms with Gasteiger partial charge in [-0.05, 0) is 59.5 Å². The molecule has 4 aromatic carbocycles. The molecule has 4 rings (SSSR count). The van der Waals surface area contributed by atoms with Crippen LogP contribution in [0.2, 0.25) is 15.1 Å². The first-order valence-electron chi connectivity index (χ1n) is 10.9. The van der Waals surface area contributed by atoms with Crippen molar-refractivity contribution in [2.45, 2.75) is 45.8 Å². The molecule has 0 aliphatic heterocycles. The molecule has 4 aromatic rings. The maximum atomic E-state index is 10.6. The molecule has 0 aromatic heterocycles. The lowest BCUT2D eigenvalue weighted by Gasteiger charge is -2.19. The van der Waals surface area contributed by atoms with Gasteiger partial charge >= 0.3 is 0 Å². The summed E-state index contributed by atoms with van der Waals surface area (Å²) in [5.74, 6) is 0. The molecule has 0 unspecified atom stereocenters. The van der Waals surface area contributed by atoms with Gasteiger partial charge in [0.05, 0.1) is 30.9 Å². The van der Waals surface area contributed by atoms with Gasteiger partial charge in [0.15, 0.2) is 14.7 Å². The van der Waals surface area contributed by atoms with Gasteiger partial charge in [-0.3, -0.25) is 0 Å². The maximum absolute atomic E-state index is 10.6. The normalized spacial score (nSPS) is 11.7. The Labute approximate surface area is 231 Å². The van der Waals surface area contributed by atoms with Crippen molar-refractivity contribution in [3.05, 3.63) is 118 Å². The monoisotopic (exact) mass is 578 g/mol. The quantitative estimate of drug-likeness (QED) is 0.138. The van der Waals surface area contributed by atoms with Crippen LogP contribution in [0.5, 0.6) is 0 Å². The van der Waals surface area contributed by atoms with E-state index in [-0.39, 0.29) is 31.4 Å². The first kappa shape index (κ1) is 28.6. The first-order valence-corrected chi connectivity index (χ1v) is 14.7. The second kappa shape index (κ2) is 12.0. The lowest BCUT2D eigenvalue weighted by molar-refractivity contribution is 0.463. The molecule has 0 fully saturated rings. The summed E-state index contributed by atoms with van der Waals surface area (Å²) in [6.07, 6.45) is 0. The number of rotatable bonds is 4. The highest BCUT2D eigenvalue weighted by molar-refractivity contribution is 7.97. The van der Waals surface area contributed by atoms with Crippen LogP contribution in [0.15, 0.2) is 117 Å². The third-order valence-corrected chi connectivity index (χ3v) is 9.41. The van der Waals surface area contributed by atoms with Crippen molar-refractivity contribution in [2.75, 3.05) is 0 Å². The van der Waals surface area contributed by atoms with Crippen LogP contribution in [-0.4, -0.2) is 13.0 Å². The van der Waals surface area contributed by atoms with Crippen LogP contribution in [0.3, 0.4) is 0 Å². The van der Waals surface area contributed by atoms with E-state index in [2.05, 4.69) is 106 Å². The molecule has 3 nitrogen and oxygen atoms in total. The van der Waals surface area contributed by atoms with E-state index in [1.165, 1.54) is 20.2 Å². The zero-order valence-corrected chi connectivity index (χ0v) is 23.8.